The largest absolute Gasteiger partial charge is 0.475 e. The highest BCUT2D eigenvalue weighted by atomic mass is 35.5. The molecule has 0 saturated heterocycles. The first-order chi connectivity index (χ1) is 17.9. The first-order valence-electron chi connectivity index (χ1n) is 10.8. The zero-order valence-electron chi connectivity index (χ0n) is 19.1. The summed E-state index contributed by atoms with van der Waals surface area (Å²) in [6, 6.07) is 14.4. The van der Waals surface area contributed by atoms with Crippen LogP contribution in [-0.4, -0.2) is 44.5 Å². The number of pyridine rings is 2. The van der Waals surface area contributed by atoms with Crippen molar-refractivity contribution in [3.63, 3.8) is 0 Å². The lowest BCUT2D eigenvalue weighted by Crippen LogP contribution is -2.21. The van der Waals surface area contributed by atoms with E-state index in [1.807, 2.05) is 6.07 Å². The number of aliphatic hydroxyl groups excluding tert-OH is 2. The van der Waals surface area contributed by atoms with Gasteiger partial charge in [-0.1, -0.05) is 23.4 Å². The fourth-order valence-corrected chi connectivity index (χ4v) is 4.28. The topological polar surface area (TPSA) is 175 Å². The molecule has 12 heteroatoms. The Labute approximate surface area is 220 Å². The lowest BCUT2D eigenvalue weighted by Gasteiger charge is -2.13. The number of hydrogen-bond donors (Lipinski definition) is 3. The summed E-state index contributed by atoms with van der Waals surface area (Å²) in [6.07, 6.45) is 1.91. The van der Waals surface area contributed by atoms with Crippen LogP contribution in [0.1, 0.15) is 16.8 Å². The molecule has 1 atom stereocenters. The van der Waals surface area contributed by atoms with Crippen molar-refractivity contribution in [1.82, 2.24) is 15.0 Å². The smallest absolute Gasteiger partial charge is 0.226 e. The zero-order valence-corrected chi connectivity index (χ0v) is 20.7. The van der Waals surface area contributed by atoms with Crippen LogP contribution in [0.5, 0.6) is 5.88 Å². The van der Waals surface area contributed by atoms with Crippen molar-refractivity contribution in [1.29, 1.82) is 10.5 Å². The van der Waals surface area contributed by atoms with Gasteiger partial charge in [0, 0.05) is 39.7 Å². The molecule has 10 nitrogen and oxygen atoms in total. The quantitative estimate of drug-likeness (QED) is 0.266. The summed E-state index contributed by atoms with van der Waals surface area (Å²) in [4.78, 5) is 12.9. The average molecular weight is 535 g/mol. The SMILES string of the molecule is N#Cc1c(N)nc(SCc2coc(-c3ccc(Cl)cc3)n2)c(C#N)c1-c1ccc(OC[C@H](O)CO)nc1. The Kier molecular flexibility index (Phi) is 8.23. The van der Waals surface area contributed by atoms with Crippen LogP contribution in [0, 0.1) is 22.7 Å². The number of halogens is 1. The Balaban J connectivity index is 1.60. The summed E-state index contributed by atoms with van der Waals surface area (Å²) in [5, 5.41) is 39.0. The monoisotopic (exact) mass is 534 g/mol. The predicted molar refractivity (Wildman–Crippen MR) is 136 cm³/mol. The highest BCUT2D eigenvalue weighted by Gasteiger charge is 2.21. The second-order valence-corrected chi connectivity index (χ2v) is 9.02. The molecular formula is C25H19ClN6O4S. The first kappa shape index (κ1) is 25.9. The molecule has 186 valence electrons. The van der Waals surface area contributed by atoms with Gasteiger partial charge in [0.2, 0.25) is 11.8 Å². The standard InChI is InChI=1S/C25H19ClN6O4S/c26-16-4-1-14(2-5-16)24-31-17(11-36-24)13-37-25-20(8-28)22(19(7-27)23(29)32-25)15-3-6-21(30-9-15)35-12-18(34)10-33/h1-6,9,11,18,33-34H,10,12-13H2,(H2,29,32)/t18-/m1/s1. The number of aliphatic hydroxyl groups is 2. The molecule has 0 aliphatic carbocycles. The van der Waals surface area contributed by atoms with E-state index in [9.17, 15) is 15.6 Å². The first-order valence-corrected chi connectivity index (χ1v) is 12.1. The number of hydrogen-bond acceptors (Lipinski definition) is 11. The molecule has 0 fully saturated rings. The van der Waals surface area contributed by atoms with E-state index in [-0.39, 0.29) is 29.4 Å². The Hall–Kier alpha value is -4.13. The van der Waals surface area contributed by atoms with Gasteiger partial charge < -0.3 is 25.1 Å². The summed E-state index contributed by atoms with van der Waals surface area (Å²) in [7, 11) is 0. The number of nitrogens with zero attached hydrogens (tertiary/aromatic N) is 5. The normalized spacial score (nSPS) is 11.5. The van der Waals surface area contributed by atoms with Gasteiger partial charge in [0.25, 0.3) is 0 Å². The number of anilines is 1. The van der Waals surface area contributed by atoms with Crippen molar-refractivity contribution in [2.75, 3.05) is 18.9 Å². The third-order valence-corrected chi connectivity index (χ3v) is 6.34. The fraction of sp³-hybridized carbons (Fsp3) is 0.160. The lowest BCUT2D eigenvalue weighted by molar-refractivity contribution is 0.0521. The van der Waals surface area contributed by atoms with Crippen LogP contribution in [0.4, 0.5) is 5.82 Å². The summed E-state index contributed by atoms with van der Waals surface area (Å²) >= 11 is 7.17. The minimum absolute atomic E-state index is 0.0209. The van der Waals surface area contributed by atoms with Crippen molar-refractivity contribution in [2.24, 2.45) is 0 Å². The van der Waals surface area contributed by atoms with E-state index < -0.39 is 12.7 Å². The highest BCUT2D eigenvalue weighted by Crippen LogP contribution is 2.37. The number of benzene rings is 1. The predicted octanol–water partition coefficient (Wildman–Crippen LogP) is 3.80. The molecule has 1 aromatic carbocycles. The fourth-order valence-electron chi connectivity index (χ4n) is 3.28. The summed E-state index contributed by atoms with van der Waals surface area (Å²) < 4.78 is 10.9. The molecule has 0 radical (unpaired) electrons. The van der Waals surface area contributed by atoms with Gasteiger partial charge in [-0.3, -0.25) is 0 Å². The lowest BCUT2D eigenvalue weighted by atomic mass is 9.98. The van der Waals surface area contributed by atoms with Crippen LogP contribution in [0.3, 0.4) is 0 Å². The number of nitrogen functional groups attached to an aromatic ring is 1. The molecule has 0 aliphatic heterocycles. The summed E-state index contributed by atoms with van der Waals surface area (Å²) in [5.74, 6) is 0.947. The minimum atomic E-state index is -1.04. The Morgan fingerprint density at radius 1 is 1.08 bits per heavy atom. The van der Waals surface area contributed by atoms with Crippen LogP contribution in [0.2, 0.25) is 5.02 Å². The minimum Gasteiger partial charge on any atom is -0.475 e. The van der Waals surface area contributed by atoms with Gasteiger partial charge in [0.1, 0.15) is 47.5 Å². The number of thioether (sulfide) groups is 1. The Bertz CT molecular complexity index is 1480. The van der Waals surface area contributed by atoms with E-state index in [0.29, 0.717) is 38.5 Å². The van der Waals surface area contributed by atoms with E-state index in [0.717, 1.165) is 5.56 Å². The molecule has 0 unspecified atom stereocenters. The molecule has 3 heterocycles. The van der Waals surface area contributed by atoms with E-state index in [4.69, 9.17) is 31.6 Å². The van der Waals surface area contributed by atoms with Gasteiger partial charge in [0.15, 0.2) is 0 Å². The van der Waals surface area contributed by atoms with E-state index in [1.165, 1.54) is 30.3 Å². The zero-order chi connectivity index (χ0) is 26.4. The van der Waals surface area contributed by atoms with Gasteiger partial charge >= 0.3 is 0 Å². The Morgan fingerprint density at radius 3 is 2.46 bits per heavy atom. The van der Waals surface area contributed by atoms with E-state index in [2.05, 4.69) is 21.0 Å². The third kappa shape index (κ3) is 6.00. The Morgan fingerprint density at radius 2 is 1.81 bits per heavy atom. The third-order valence-electron chi connectivity index (χ3n) is 5.07. The van der Waals surface area contributed by atoms with Crippen LogP contribution < -0.4 is 10.5 Å². The maximum atomic E-state index is 9.98. The van der Waals surface area contributed by atoms with E-state index in [1.54, 1.807) is 30.3 Å². The summed E-state index contributed by atoms with van der Waals surface area (Å²) in [5.41, 5.74) is 8.47. The molecular weight excluding hydrogens is 516 g/mol. The molecule has 3 aromatic heterocycles. The molecule has 4 aromatic rings. The van der Waals surface area contributed by atoms with Gasteiger partial charge in [-0.05, 0) is 30.3 Å². The molecule has 0 aliphatic rings. The van der Waals surface area contributed by atoms with Gasteiger partial charge in [-0.15, -0.1) is 0 Å². The number of rotatable bonds is 9. The van der Waals surface area contributed by atoms with Crippen LogP contribution in [-0.2, 0) is 5.75 Å². The van der Waals surface area contributed by atoms with Crippen molar-refractivity contribution in [3.05, 3.63) is 70.7 Å². The highest BCUT2D eigenvalue weighted by molar-refractivity contribution is 7.98. The number of aromatic nitrogens is 3. The van der Waals surface area contributed by atoms with Crippen molar-refractivity contribution < 1.29 is 19.4 Å². The summed E-state index contributed by atoms with van der Waals surface area (Å²) in [6.45, 7) is -0.580. The molecule has 0 amide bonds. The van der Waals surface area contributed by atoms with Crippen molar-refractivity contribution in [3.8, 4) is 40.6 Å². The van der Waals surface area contributed by atoms with Crippen LogP contribution in [0.25, 0.3) is 22.6 Å². The molecule has 37 heavy (non-hydrogen) atoms. The molecule has 0 spiro atoms. The van der Waals surface area contributed by atoms with Crippen LogP contribution in [0.15, 0.2) is 58.3 Å². The molecule has 0 saturated carbocycles. The average Bonchev–Trinajstić information content (AvgIpc) is 3.39. The second kappa shape index (κ2) is 11.7. The van der Waals surface area contributed by atoms with Gasteiger partial charge in [-0.25, -0.2) is 15.0 Å². The molecule has 4 rings (SSSR count). The molecule has 4 N–H and O–H groups in total. The van der Waals surface area contributed by atoms with Crippen LogP contribution >= 0.6 is 23.4 Å². The van der Waals surface area contributed by atoms with Crippen molar-refractivity contribution in [2.45, 2.75) is 16.9 Å². The second-order valence-electron chi connectivity index (χ2n) is 7.62. The number of ether oxygens (including phenoxy) is 1. The van der Waals surface area contributed by atoms with Crippen molar-refractivity contribution >= 4 is 29.2 Å². The number of nitrogens with two attached hydrogens (primary N) is 1. The van der Waals surface area contributed by atoms with Gasteiger partial charge in [-0.2, -0.15) is 10.5 Å². The maximum absolute atomic E-state index is 9.98. The number of oxazole rings is 1. The van der Waals surface area contributed by atoms with E-state index >= 15 is 0 Å². The van der Waals surface area contributed by atoms with Gasteiger partial charge in [0.05, 0.1) is 17.9 Å². The maximum Gasteiger partial charge on any atom is 0.226 e. The molecule has 0 bridgehead atoms. The number of nitriles is 2.